The van der Waals surface area contributed by atoms with Crippen LogP contribution in [0.4, 0.5) is 5.88 Å². The average molecular weight is 463 g/mol. The van der Waals surface area contributed by atoms with E-state index in [0.717, 1.165) is 24.0 Å². The fraction of sp³-hybridized carbons (Fsp3) is 0.138. The van der Waals surface area contributed by atoms with Crippen LogP contribution in [0.2, 0.25) is 0 Å². The van der Waals surface area contributed by atoms with Crippen LogP contribution < -0.4 is 9.47 Å². The van der Waals surface area contributed by atoms with Crippen molar-refractivity contribution in [3.8, 4) is 40.0 Å². The maximum atomic E-state index is 12.0. The van der Waals surface area contributed by atoms with Crippen LogP contribution in [-0.4, -0.2) is 19.3 Å². The molecule has 0 amide bonds. The van der Waals surface area contributed by atoms with Gasteiger partial charge in [0.15, 0.2) is 11.5 Å². The predicted octanol–water partition coefficient (Wildman–Crippen LogP) is 6.56. The molecular formula is C29H22N2O4. The van der Waals surface area contributed by atoms with E-state index < -0.39 is 0 Å². The molecule has 0 unspecified atom stereocenters. The van der Waals surface area contributed by atoms with Gasteiger partial charge in [0, 0.05) is 17.3 Å². The van der Waals surface area contributed by atoms with Crippen LogP contribution in [0.15, 0.2) is 88.3 Å². The molecule has 1 heterocycles. The Balaban J connectivity index is 1.52. The van der Waals surface area contributed by atoms with Crippen molar-refractivity contribution in [1.82, 2.24) is 0 Å². The maximum absolute atomic E-state index is 12.0. The summed E-state index contributed by atoms with van der Waals surface area (Å²) in [5.74, 6) is 1.35. The minimum Gasteiger partial charge on any atom is -0.493 e. The molecule has 0 bridgehead atoms. The molecule has 0 N–H and O–H groups in total. The molecule has 1 fully saturated rings. The van der Waals surface area contributed by atoms with Gasteiger partial charge in [-0.1, -0.05) is 60.7 Å². The van der Waals surface area contributed by atoms with Gasteiger partial charge in [-0.15, -0.1) is 0 Å². The van der Waals surface area contributed by atoms with Gasteiger partial charge < -0.3 is 13.9 Å². The van der Waals surface area contributed by atoms with E-state index in [1.165, 1.54) is 7.11 Å². The lowest BCUT2D eigenvalue weighted by molar-refractivity contribution is -0.135. The van der Waals surface area contributed by atoms with Gasteiger partial charge in [0.1, 0.15) is 17.4 Å². The largest absolute Gasteiger partial charge is 0.493 e. The number of ether oxygens (including phenoxy) is 2. The van der Waals surface area contributed by atoms with Crippen LogP contribution in [0.3, 0.4) is 0 Å². The zero-order valence-electron chi connectivity index (χ0n) is 19.1. The first-order valence-corrected chi connectivity index (χ1v) is 11.3. The van der Waals surface area contributed by atoms with Gasteiger partial charge in [-0.2, -0.15) is 5.26 Å². The van der Waals surface area contributed by atoms with Crippen molar-refractivity contribution in [3.05, 3.63) is 90.0 Å². The van der Waals surface area contributed by atoms with Crippen molar-refractivity contribution in [2.45, 2.75) is 12.8 Å². The van der Waals surface area contributed by atoms with Gasteiger partial charge in [-0.25, -0.2) is 4.99 Å². The van der Waals surface area contributed by atoms with Crippen LogP contribution in [0, 0.1) is 17.2 Å². The number of carbonyl (C=O) groups is 1. The molecule has 6 heteroatoms. The Labute approximate surface area is 203 Å². The summed E-state index contributed by atoms with van der Waals surface area (Å²) >= 11 is 0. The lowest BCUT2D eigenvalue weighted by Crippen LogP contribution is -2.10. The molecule has 4 aromatic rings. The summed E-state index contributed by atoms with van der Waals surface area (Å²) in [5, 5.41) is 10.0. The number of nitrogens with zero attached hydrogens (tertiary/aromatic N) is 2. The van der Waals surface area contributed by atoms with E-state index >= 15 is 0 Å². The molecular weight excluding hydrogens is 440 g/mol. The number of carbonyl (C=O) groups excluding carboxylic acids is 1. The summed E-state index contributed by atoms with van der Waals surface area (Å²) in [7, 11) is 1.52. The van der Waals surface area contributed by atoms with Crippen molar-refractivity contribution < 1.29 is 18.7 Å². The number of furan rings is 1. The summed E-state index contributed by atoms with van der Waals surface area (Å²) in [4.78, 5) is 16.5. The Bertz CT molecular complexity index is 1430. The predicted molar refractivity (Wildman–Crippen MR) is 133 cm³/mol. The number of esters is 1. The Kier molecular flexibility index (Phi) is 6.15. The molecule has 3 aromatic carbocycles. The SMILES string of the molecule is COc1cc(C=Nc2oc(-c3ccccc3)c(-c3ccccc3)c2C#N)ccc1OC(=O)C1CC1. The van der Waals surface area contributed by atoms with Gasteiger partial charge >= 0.3 is 5.97 Å². The first-order chi connectivity index (χ1) is 17.2. The van der Waals surface area contributed by atoms with E-state index in [1.54, 1.807) is 24.4 Å². The topological polar surface area (TPSA) is 84.8 Å². The van der Waals surface area contributed by atoms with Crippen LogP contribution in [0.25, 0.3) is 22.5 Å². The zero-order valence-corrected chi connectivity index (χ0v) is 19.1. The molecule has 6 nitrogen and oxygen atoms in total. The molecule has 0 spiro atoms. The number of benzene rings is 3. The molecule has 0 saturated heterocycles. The van der Waals surface area contributed by atoms with Gasteiger partial charge in [-0.05, 0) is 42.2 Å². The Morgan fingerprint density at radius 3 is 2.31 bits per heavy atom. The number of hydrogen-bond donors (Lipinski definition) is 0. The van der Waals surface area contributed by atoms with Crippen molar-refractivity contribution >= 4 is 18.1 Å². The third-order valence-electron chi connectivity index (χ3n) is 5.74. The Morgan fingerprint density at radius 1 is 1.00 bits per heavy atom. The third kappa shape index (κ3) is 4.71. The van der Waals surface area contributed by atoms with Crippen molar-refractivity contribution in [3.63, 3.8) is 0 Å². The lowest BCUT2D eigenvalue weighted by atomic mass is 9.98. The molecule has 5 rings (SSSR count). The fourth-order valence-corrected chi connectivity index (χ4v) is 3.78. The summed E-state index contributed by atoms with van der Waals surface area (Å²) in [6.45, 7) is 0. The summed E-state index contributed by atoms with van der Waals surface area (Å²) in [6, 6.07) is 26.7. The number of nitriles is 1. The summed E-state index contributed by atoms with van der Waals surface area (Å²) in [6.07, 6.45) is 3.33. The number of aliphatic imine (C=N–C) groups is 1. The average Bonchev–Trinajstić information content (AvgIpc) is 3.70. The van der Waals surface area contributed by atoms with E-state index in [9.17, 15) is 10.1 Å². The second-order valence-electron chi connectivity index (χ2n) is 8.19. The highest BCUT2D eigenvalue weighted by Crippen LogP contribution is 2.42. The second-order valence-corrected chi connectivity index (χ2v) is 8.19. The lowest BCUT2D eigenvalue weighted by Gasteiger charge is -2.09. The molecule has 1 aromatic heterocycles. The molecule has 0 aliphatic heterocycles. The quantitative estimate of drug-likeness (QED) is 0.176. The van der Waals surface area contributed by atoms with Gasteiger partial charge in [0.25, 0.3) is 0 Å². The highest BCUT2D eigenvalue weighted by Gasteiger charge is 2.32. The summed E-state index contributed by atoms with van der Waals surface area (Å²) < 4.78 is 17.0. The van der Waals surface area contributed by atoms with E-state index in [4.69, 9.17) is 13.9 Å². The molecule has 0 radical (unpaired) electrons. The molecule has 1 aliphatic rings. The smallest absolute Gasteiger partial charge is 0.314 e. The minimum absolute atomic E-state index is 0.0121. The minimum atomic E-state index is -0.235. The maximum Gasteiger partial charge on any atom is 0.314 e. The molecule has 1 aliphatic carbocycles. The van der Waals surface area contributed by atoms with Crippen molar-refractivity contribution in [1.29, 1.82) is 5.26 Å². The second kappa shape index (κ2) is 9.70. The first kappa shape index (κ1) is 22.2. The van der Waals surface area contributed by atoms with E-state index in [0.29, 0.717) is 33.9 Å². The highest BCUT2D eigenvalue weighted by atomic mass is 16.6. The molecule has 172 valence electrons. The first-order valence-electron chi connectivity index (χ1n) is 11.3. The molecule has 1 saturated carbocycles. The Hall–Kier alpha value is -4.63. The standard InChI is InChI=1S/C29H22N2O4/c1-33-25-16-19(12-15-24(25)34-29(32)22-13-14-22)18-31-28-23(17-30)26(20-8-4-2-5-9-20)27(35-28)21-10-6-3-7-11-21/h2-12,15-16,18,22H,13-14H2,1H3. The van der Waals surface area contributed by atoms with Crippen molar-refractivity contribution in [2.75, 3.05) is 7.11 Å². The van der Waals surface area contributed by atoms with Gasteiger partial charge in [0.05, 0.1) is 13.0 Å². The number of hydrogen-bond acceptors (Lipinski definition) is 6. The van der Waals surface area contributed by atoms with Crippen LogP contribution in [0.5, 0.6) is 11.5 Å². The van der Waals surface area contributed by atoms with E-state index in [1.807, 2.05) is 60.7 Å². The van der Waals surface area contributed by atoms with Crippen LogP contribution >= 0.6 is 0 Å². The normalized spacial score (nSPS) is 12.9. The molecule has 0 atom stereocenters. The molecule has 35 heavy (non-hydrogen) atoms. The highest BCUT2D eigenvalue weighted by molar-refractivity contribution is 5.90. The summed E-state index contributed by atoms with van der Waals surface area (Å²) in [5.41, 5.74) is 3.49. The van der Waals surface area contributed by atoms with Gasteiger partial charge in [0.2, 0.25) is 5.88 Å². The number of methoxy groups -OCH3 is 1. The Morgan fingerprint density at radius 2 is 1.69 bits per heavy atom. The van der Waals surface area contributed by atoms with Crippen LogP contribution in [-0.2, 0) is 4.79 Å². The zero-order chi connectivity index (χ0) is 24.2. The van der Waals surface area contributed by atoms with E-state index in [-0.39, 0.29) is 17.8 Å². The van der Waals surface area contributed by atoms with E-state index in [2.05, 4.69) is 11.1 Å². The van der Waals surface area contributed by atoms with Crippen LogP contribution in [0.1, 0.15) is 24.0 Å². The monoisotopic (exact) mass is 462 g/mol. The van der Waals surface area contributed by atoms with Gasteiger partial charge in [-0.3, -0.25) is 4.79 Å². The fourth-order valence-electron chi connectivity index (χ4n) is 3.78. The van der Waals surface area contributed by atoms with Crippen molar-refractivity contribution in [2.24, 2.45) is 10.9 Å². The third-order valence-corrected chi connectivity index (χ3v) is 5.74. The number of rotatable bonds is 7.